The predicted octanol–water partition coefficient (Wildman–Crippen LogP) is 3.54. The molecule has 1 aromatic heterocycles. The Morgan fingerprint density at radius 2 is 2.00 bits per heavy atom. The molecule has 0 radical (unpaired) electrons. The van der Waals surface area contributed by atoms with E-state index in [1.54, 1.807) is 42.7 Å². The van der Waals surface area contributed by atoms with Gasteiger partial charge in [-0.05, 0) is 30.3 Å². The molecule has 3 aromatic rings. The van der Waals surface area contributed by atoms with Gasteiger partial charge in [0.2, 0.25) is 0 Å². The first-order chi connectivity index (χ1) is 10.7. The first-order valence-corrected chi connectivity index (χ1v) is 6.91. The molecule has 0 fully saturated rings. The summed E-state index contributed by atoms with van der Waals surface area (Å²) in [5, 5.41) is 3.22. The molecule has 0 spiro atoms. The van der Waals surface area contributed by atoms with Crippen molar-refractivity contribution in [2.75, 3.05) is 12.4 Å². The number of fused-ring (bicyclic) bond motifs is 1. The highest BCUT2D eigenvalue weighted by molar-refractivity contribution is 6.32. The number of nitrogens with one attached hydrogen (secondary N) is 1. The van der Waals surface area contributed by atoms with Crippen molar-refractivity contribution < 1.29 is 9.53 Å². The zero-order valence-corrected chi connectivity index (χ0v) is 12.5. The Bertz CT molecular complexity index is 846. The molecule has 2 aromatic carbocycles. The van der Waals surface area contributed by atoms with Gasteiger partial charge in [-0.25, -0.2) is 0 Å². The third-order valence-corrected chi connectivity index (χ3v) is 3.45. The van der Waals surface area contributed by atoms with Crippen molar-refractivity contribution in [3.05, 3.63) is 59.4 Å². The SMILES string of the molecule is COc1ccc(NC(=O)c2cccc3nccnc23)cc1Cl. The second-order valence-electron chi connectivity index (χ2n) is 4.53. The van der Waals surface area contributed by atoms with E-state index in [-0.39, 0.29) is 5.91 Å². The van der Waals surface area contributed by atoms with Crippen molar-refractivity contribution in [2.45, 2.75) is 0 Å². The quantitative estimate of drug-likeness (QED) is 0.803. The highest BCUT2D eigenvalue weighted by Crippen LogP contribution is 2.27. The number of hydrogen-bond donors (Lipinski definition) is 1. The number of amides is 1. The predicted molar refractivity (Wildman–Crippen MR) is 85.5 cm³/mol. The van der Waals surface area contributed by atoms with E-state index in [1.165, 1.54) is 7.11 Å². The van der Waals surface area contributed by atoms with Gasteiger partial charge in [0, 0.05) is 18.1 Å². The lowest BCUT2D eigenvalue weighted by atomic mass is 10.1. The van der Waals surface area contributed by atoms with Crippen LogP contribution >= 0.6 is 11.6 Å². The number of nitrogens with zero attached hydrogens (tertiary/aromatic N) is 2. The Hall–Kier alpha value is -2.66. The van der Waals surface area contributed by atoms with Crippen molar-refractivity contribution >= 4 is 34.2 Å². The lowest BCUT2D eigenvalue weighted by Crippen LogP contribution is -2.13. The van der Waals surface area contributed by atoms with Gasteiger partial charge in [0.05, 0.1) is 23.2 Å². The summed E-state index contributed by atoms with van der Waals surface area (Å²) in [6.45, 7) is 0. The van der Waals surface area contributed by atoms with Gasteiger partial charge in [-0.3, -0.25) is 14.8 Å². The molecule has 1 N–H and O–H groups in total. The molecule has 0 unspecified atom stereocenters. The van der Waals surface area contributed by atoms with E-state index in [9.17, 15) is 4.79 Å². The summed E-state index contributed by atoms with van der Waals surface area (Å²) < 4.78 is 5.08. The van der Waals surface area contributed by atoms with E-state index in [1.807, 2.05) is 6.07 Å². The van der Waals surface area contributed by atoms with Gasteiger partial charge < -0.3 is 10.1 Å². The molecular weight excluding hydrogens is 302 g/mol. The lowest BCUT2D eigenvalue weighted by molar-refractivity contribution is 0.102. The first-order valence-electron chi connectivity index (χ1n) is 6.53. The van der Waals surface area contributed by atoms with E-state index in [2.05, 4.69) is 15.3 Å². The molecule has 1 amide bonds. The van der Waals surface area contributed by atoms with E-state index in [0.29, 0.717) is 33.1 Å². The Balaban J connectivity index is 1.92. The molecule has 0 bridgehead atoms. The lowest BCUT2D eigenvalue weighted by Gasteiger charge is -2.09. The summed E-state index contributed by atoms with van der Waals surface area (Å²) in [5.41, 5.74) is 2.26. The molecule has 3 rings (SSSR count). The van der Waals surface area contributed by atoms with Crippen LogP contribution < -0.4 is 10.1 Å². The van der Waals surface area contributed by atoms with Crippen LogP contribution in [0, 0.1) is 0 Å². The number of carbonyl (C=O) groups is 1. The number of anilines is 1. The van der Waals surface area contributed by atoms with Crippen molar-refractivity contribution in [2.24, 2.45) is 0 Å². The van der Waals surface area contributed by atoms with Gasteiger partial charge in [0.25, 0.3) is 5.91 Å². The van der Waals surface area contributed by atoms with Crippen molar-refractivity contribution in [1.82, 2.24) is 9.97 Å². The fourth-order valence-corrected chi connectivity index (χ4v) is 2.38. The number of rotatable bonds is 3. The summed E-state index contributed by atoms with van der Waals surface area (Å²) in [7, 11) is 1.54. The van der Waals surface area contributed by atoms with Crippen LogP contribution in [0.25, 0.3) is 11.0 Å². The van der Waals surface area contributed by atoms with E-state index < -0.39 is 0 Å². The number of methoxy groups -OCH3 is 1. The number of hydrogen-bond acceptors (Lipinski definition) is 4. The maximum atomic E-state index is 12.4. The fourth-order valence-electron chi connectivity index (χ4n) is 2.12. The smallest absolute Gasteiger partial charge is 0.257 e. The maximum absolute atomic E-state index is 12.4. The van der Waals surface area contributed by atoms with Gasteiger partial charge >= 0.3 is 0 Å². The molecule has 22 heavy (non-hydrogen) atoms. The van der Waals surface area contributed by atoms with Crippen molar-refractivity contribution in [1.29, 1.82) is 0 Å². The molecule has 1 heterocycles. The van der Waals surface area contributed by atoms with Crippen LogP contribution in [-0.4, -0.2) is 23.0 Å². The molecule has 0 aliphatic rings. The van der Waals surface area contributed by atoms with Crippen LogP contribution in [0.2, 0.25) is 5.02 Å². The Labute approximate surface area is 131 Å². The minimum Gasteiger partial charge on any atom is -0.495 e. The molecule has 0 atom stereocenters. The van der Waals surface area contributed by atoms with E-state index >= 15 is 0 Å². The van der Waals surface area contributed by atoms with Crippen LogP contribution in [0.5, 0.6) is 5.75 Å². The summed E-state index contributed by atoms with van der Waals surface area (Å²) in [6, 6.07) is 10.3. The maximum Gasteiger partial charge on any atom is 0.257 e. The largest absolute Gasteiger partial charge is 0.495 e. The Morgan fingerprint density at radius 3 is 2.77 bits per heavy atom. The molecule has 110 valence electrons. The molecular formula is C16H12ClN3O2. The molecule has 0 aliphatic carbocycles. The Kier molecular flexibility index (Phi) is 3.89. The zero-order valence-electron chi connectivity index (χ0n) is 11.7. The van der Waals surface area contributed by atoms with Crippen LogP contribution in [0.1, 0.15) is 10.4 Å². The fraction of sp³-hybridized carbons (Fsp3) is 0.0625. The average molecular weight is 314 g/mol. The number of benzene rings is 2. The number of carbonyl (C=O) groups excluding carboxylic acids is 1. The summed E-state index contributed by atoms with van der Waals surface area (Å²) in [5.74, 6) is 0.281. The number of para-hydroxylation sites is 1. The standard InChI is InChI=1S/C16H12ClN3O2/c1-22-14-6-5-10(9-12(14)17)20-16(21)11-3-2-4-13-15(11)19-8-7-18-13/h2-9H,1H3,(H,20,21). The average Bonchev–Trinajstić information content (AvgIpc) is 2.54. The van der Waals surface area contributed by atoms with Crippen LogP contribution in [0.4, 0.5) is 5.69 Å². The van der Waals surface area contributed by atoms with Gasteiger partial charge in [-0.1, -0.05) is 17.7 Å². The van der Waals surface area contributed by atoms with Crippen molar-refractivity contribution in [3.63, 3.8) is 0 Å². The molecule has 6 heteroatoms. The second kappa shape index (κ2) is 5.99. The van der Waals surface area contributed by atoms with Crippen LogP contribution in [0.15, 0.2) is 48.8 Å². The molecule has 0 saturated carbocycles. The summed E-state index contributed by atoms with van der Waals surface area (Å²) >= 11 is 6.06. The second-order valence-corrected chi connectivity index (χ2v) is 4.94. The number of ether oxygens (including phenoxy) is 1. The topological polar surface area (TPSA) is 64.1 Å². The van der Waals surface area contributed by atoms with Gasteiger partial charge in [-0.2, -0.15) is 0 Å². The molecule has 0 aliphatic heterocycles. The zero-order chi connectivity index (χ0) is 15.5. The normalized spacial score (nSPS) is 10.5. The molecule has 5 nitrogen and oxygen atoms in total. The third-order valence-electron chi connectivity index (χ3n) is 3.15. The number of aromatic nitrogens is 2. The minimum atomic E-state index is -0.271. The van der Waals surface area contributed by atoms with Gasteiger partial charge in [0.15, 0.2) is 0 Å². The van der Waals surface area contributed by atoms with E-state index in [0.717, 1.165) is 0 Å². The van der Waals surface area contributed by atoms with Crippen LogP contribution in [0.3, 0.4) is 0 Å². The summed E-state index contributed by atoms with van der Waals surface area (Å²) in [6.07, 6.45) is 3.15. The van der Waals surface area contributed by atoms with Gasteiger partial charge in [-0.15, -0.1) is 0 Å². The minimum absolute atomic E-state index is 0.271. The third kappa shape index (κ3) is 2.71. The highest BCUT2D eigenvalue weighted by atomic mass is 35.5. The monoisotopic (exact) mass is 313 g/mol. The first kappa shape index (κ1) is 14.3. The highest BCUT2D eigenvalue weighted by Gasteiger charge is 2.12. The number of halogens is 1. The van der Waals surface area contributed by atoms with Crippen LogP contribution in [-0.2, 0) is 0 Å². The van der Waals surface area contributed by atoms with Crippen molar-refractivity contribution in [3.8, 4) is 5.75 Å². The molecule has 0 saturated heterocycles. The Morgan fingerprint density at radius 1 is 1.18 bits per heavy atom. The van der Waals surface area contributed by atoms with E-state index in [4.69, 9.17) is 16.3 Å². The van der Waals surface area contributed by atoms with Gasteiger partial charge in [0.1, 0.15) is 11.3 Å². The summed E-state index contributed by atoms with van der Waals surface area (Å²) in [4.78, 5) is 20.8.